The highest BCUT2D eigenvalue weighted by Crippen LogP contribution is 2.23. The number of carbonyl (C=O) groups is 1. The fourth-order valence-electron chi connectivity index (χ4n) is 3.78. The monoisotopic (exact) mass is 345 g/mol. The first-order valence-corrected chi connectivity index (χ1v) is 9.58. The third kappa shape index (κ3) is 5.27. The van der Waals surface area contributed by atoms with Crippen molar-refractivity contribution in [2.24, 2.45) is 5.92 Å². The van der Waals surface area contributed by atoms with E-state index >= 15 is 0 Å². The number of likely N-dealkylation sites (N-methyl/N-ethyl adjacent to an activating group) is 1. The molecule has 1 saturated heterocycles. The second-order valence-electron chi connectivity index (χ2n) is 7.60. The normalized spacial score (nSPS) is 25.7. The summed E-state index contributed by atoms with van der Waals surface area (Å²) in [6, 6.07) is 7.95. The lowest BCUT2D eigenvalue weighted by Crippen LogP contribution is -2.43. The first-order valence-electron chi connectivity index (χ1n) is 9.58. The van der Waals surface area contributed by atoms with E-state index in [1.54, 1.807) is 0 Å². The van der Waals surface area contributed by atoms with Crippen LogP contribution in [0.15, 0.2) is 24.3 Å². The number of hydrogen-bond acceptors (Lipinski definition) is 4. The molecule has 0 bridgehead atoms. The summed E-state index contributed by atoms with van der Waals surface area (Å²) in [6.07, 6.45) is 3.85. The molecule has 2 aliphatic rings. The Bertz CT molecular complexity index is 553. The number of piperazine rings is 1. The van der Waals surface area contributed by atoms with Gasteiger partial charge in [0.2, 0.25) is 0 Å². The summed E-state index contributed by atoms with van der Waals surface area (Å²) in [4.78, 5) is 17.1. The minimum Gasteiger partial charge on any atom is -0.393 e. The van der Waals surface area contributed by atoms with Crippen LogP contribution in [-0.2, 0) is 6.54 Å². The number of nitrogens with zero attached hydrogens (tertiary/aromatic N) is 2. The number of rotatable bonds is 5. The zero-order valence-electron chi connectivity index (χ0n) is 15.3. The molecule has 1 amide bonds. The van der Waals surface area contributed by atoms with E-state index in [4.69, 9.17) is 0 Å². The number of nitrogens with one attached hydrogen (secondary N) is 1. The van der Waals surface area contributed by atoms with E-state index in [0.717, 1.165) is 58.4 Å². The number of benzene rings is 1. The van der Waals surface area contributed by atoms with Crippen molar-refractivity contribution in [3.05, 3.63) is 35.4 Å². The van der Waals surface area contributed by atoms with E-state index in [1.807, 2.05) is 12.1 Å². The van der Waals surface area contributed by atoms with Crippen molar-refractivity contribution in [1.82, 2.24) is 15.1 Å². The summed E-state index contributed by atoms with van der Waals surface area (Å²) < 4.78 is 0. The first-order chi connectivity index (χ1) is 12.1. The predicted molar refractivity (Wildman–Crippen MR) is 99.5 cm³/mol. The summed E-state index contributed by atoms with van der Waals surface area (Å²) in [6.45, 7) is 5.96. The van der Waals surface area contributed by atoms with Crippen molar-refractivity contribution in [2.45, 2.75) is 38.3 Å². The fourth-order valence-corrected chi connectivity index (χ4v) is 3.78. The van der Waals surface area contributed by atoms with E-state index in [9.17, 15) is 9.90 Å². The molecule has 25 heavy (non-hydrogen) atoms. The maximum atomic E-state index is 12.3. The van der Waals surface area contributed by atoms with Crippen LogP contribution in [0.3, 0.4) is 0 Å². The van der Waals surface area contributed by atoms with Crippen LogP contribution < -0.4 is 5.32 Å². The molecule has 5 nitrogen and oxygen atoms in total. The quantitative estimate of drug-likeness (QED) is 0.853. The average Bonchev–Trinajstić information content (AvgIpc) is 2.63. The van der Waals surface area contributed by atoms with Gasteiger partial charge in [0.1, 0.15) is 0 Å². The van der Waals surface area contributed by atoms with Gasteiger partial charge in [0.25, 0.3) is 5.91 Å². The van der Waals surface area contributed by atoms with Crippen molar-refractivity contribution in [3.63, 3.8) is 0 Å². The van der Waals surface area contributed by atoms with Crippen molar-refractivity contribution in [2.75, 3.05) is 39.8 Å². The molecular weight excluding hydrogens is 314 g/mol. The third-order valence-corrected chi connectivity index (χ3v) is 5.61. The van der Waals surface area contributed by atoms with Gasteiger partial charge in [-0.2, -0.15) is 0 Å². The zero-order chi connectivity index (χ0) is 17.6. The molecule has 1 aromatic carbocycles. The van der Waals surface area contributed by atoms with Gasteiger partial charge in [0.15, 0.2) is 0 Å². The second kappa shape index (κ2) is 8.79. The molecule has 2 N–H and O–H groups in total. The Morgan fingerprint density at radius 3 is 2.48 bits per heavy atom. The number of hydrogen-bond donors (Lipinski definition) is 2. The molecule has 2 fully saturated rings. The molecule has 2 atom stereocenters. The minimum atomic E-state index is -0.264. The molecule has 1 aliphatic carbocycles. The van der Waals surface area contributed by atoms with Gasteiger partial charge in [-0.25, -0.2) is 0 Å². The lowest BCUT2D eigenvalue weighted by atomic mass is 9.86. The van der Waals surface area contributed by atoms with Crippen LogP contribution in [0.2, 0.25) is 0 Å². The number of carbonyl (C=O) groups excluding carboxylic acids is 1. The average molecular weight is 345 g/mol. The maximum Gasteiger partial charge on any atom is 0.251 e. The van der Waals surface area contributed by atoms with Crippen LogP contribution in [0.5, 0.6) is 0 Å². The van der Waals surface area contributed by atoms with E-state index in [0.29, 0.717) is 12.1 Å². The smallest absolute Gasteiger partial charge is 0.251 e. The highest BCUT2D eigenvalue weighted by Gasteiger charge is 2.23. The number of amides is 1. The number of aliphatic hydroxyl groups excluding tert-OH is 1. The van der Waals surface area contributed by atoms with E-state index < -0.39 is 0 Å². The lowest BCUT2D eigenvalue weighted by molar-refractivity contribution is 0.0663. The van der Waals surface area contributed by atoms with Crippen LogP contribution in [0, 0.1) is 5.92 Å². The van der Waals surface area contributed by atoms with Crippen LogP contribution in [0.4, 0.5) is 0 Å². The SMILES string of the molecule is CN1CCN(Cc2ccc(C(=O)NC[C@H]3CCCC[C@H]3O)cc2)CC1. The van der Waals surface area contributed by atoms with Gasteiger partial charge in [0.05, 0.1) is 6.10 Å². The molecule has 3 rings (SSSR count). The van der Waals surface area contributed by atoms with Gasteiger partial charge in [-0.05, 0) is 37.6 Å². The predicted octanol–water partition coefficient (Wildman–Crippen LogP) is 1.71. The van der Waals surface area contributed by atoms with Gasteiger partial charge in [-0.15, -0.1) is 0 Å². The first kappa shape index (κ1) is 18.4. The van der Waals surface area contributed by atoms with E-state index in [2.05, 4.69) is 34.3 Å². The number of aliphatic hydroxyl groups is 1. The van der Waals surface area contributed by atoms with E-state index in [1.165, 1.54) is 5.56 Å². The van der Waals surface area contributed by atoms with Crippen LogP contribution >= 0.6 is 0 Å². The summed E-state index contributed by atoms with van der Waals surface area (Å²) in [5.74, 6) is 0.165. The molecule has 1 heterocycles. The third-order valence-electron chi connectivity index (χ3n) is 5.61. The fraction of sp³-hybridized carbons (Fsp3) is 0.650. The molecule has 138 valence electrons. The molecular formula is C20H31N3O2. The molecule has 5 heteroatoms. The van der Waals surface area contributed by atoms with Gasteiger partial charge in [-0.1, -0.05) is 25.0 Å². The Morgan fingerprint density at radius 1 is 1.12 bits per heavy atom. The lowest BCUT2D eigenvalue weighted by Gasteiger charge is -2.32. The molecule has 0 unspecified atom stereocenters. The topological polar surface area (TPSA) is 55.8 Å². The van der Waals surface area contributed by atoms with Crippen molar-refractivity contribution in [1.29, 1.82) is 0 Å². The molecule has 1 saturated carbocycles. The Hall–Kier alpha value is -1.43. The maximum absolute atomic E-state index is 12.3. The summed E-state index contributed by atoms with van der Waals surface area (Å²) >= 11 is 0. The Labute approximate surface area is 151 Å². The van der Waals surface area contributed by atoms with Crippen LogP contribution in [0.1, 0.15) is 41.6 Å². The van der Waals surface area contributed by atoms with Crippen LogP contribution in [0.25, 0.3) is 0 Å². The standard InChI is InChI=1S/C20H31N3O2/c1-22-10-12-23(13-11-22)15-16-6-8-17(9-7-16)20(25)21-14-18-4-2-3-5-19(18)24/h6-9,18-19,24H,2-5,10-15H2,1H3,(H,21,25)/t18-,19-/m1/s1. The van der Waals surface area contributed by atoms with Crippen molar-refractivity contribution in [3.8, 4) is 0 Å². The minimum absolute atomic E-state index is 0.0380. The second-order valence-corrected chi connectivity index (χ2v) is 7.60. The molecule has 0 radical (unpaired) electrons. The highest BCUT2D eigenvalue weighted by molar-refractivity contribution is 5.94. The van der Waals surface area contributed by atoms with Gasteiger partial charge < -0.3 is 15.3 Å². The van der Waals surface area contributed by atoms with E-state index in [-0.39, 0.29) is 17.9 Å². The summed E-state index contributed by atoms with van der Waals surface area (Å²) in [5, 5.41) is 13.0. The Balaban J connectivity index is 1.47. The van der Waals surface area contributed by atoms with Crippen molar-refractivity contribution < 1.29 is 9.90 Å². The highest BCUT2D eigenvalue weighted by atomic mass is 16.3. The molecule has 1 aromatic rings. The largest absolute Gasteiger partial charge is 0.393 e. The molecule has 1 aliphatic heterocycles. The van der Waals surface area contributed by atoms with Gasteiger partial charge in [0, 0.05) is 50.7 Å². The Morgan fingerprint density at radius 2 is 1.80 bits per heavy atom. The molecule has 0 aromatic heterocycles. The molecule has 0 spiro atoms. The Kier molecular flexibility index (Phi) is 6.45. The van der Waals surface area contributed by atoms with Crippen molar-refractivity contribution >= 4 is 5.91 Å². The zero-order valence-corrected chi connectivity index (χ0v) is 15.3. The summed E-state index contributed by atoms with van der Waals surface area (Å²) in [5.41, 5.74) is 1.95. The summed E-state index contributed by atoms with van der Waals surface area (Å²) in [7, 11) is 2.16. The van der Waals surface area contributed by atoms with Crippen LogP contribution in [-0.4, -0.2) is 66.7 Å². The van der Waals surface area contributed by atoms with Gasteiger partial charge >= 0.3 is 0 Å². The van der Waals surface area contributed by atoms with Gasteiger partial charge in [-0.3, -0.25) is 9.69 Å².